The van der Waals surface area contributed by atoms with Crippen LogP contribution < -0.4 is 4.74 Å². The number of alkyl halides is 2. The number of aliphatic hydroxyl groups is 1. The highest BCUT2D eigenvalue weighted by molar-refractivity contribution is 5.79. The molecule has 1 heterocycles. The first-order valence-corrected chi connectivity index (χ1v) is 12.3. The standard InChI is InChI=1S/C28H37F2NO3/c1-21-4-6-22(7-5-21)8-11-26(32)18-24(19-31-16-14-25(30)20-31)28(33)23-9-12-27(13-10-23)34-17-3-2-15-29/h4-7,9-10,12-13,24-25,28,33H,2-3,8,11,14-20H2,1H3/t24-,25-,28-/m1/s1. The van der Waals surface area contributed by atoms with Crippen molar-refractivity contribution >= 4 is 5.78 Å². The predicted molar refractivity (Wildman–Crippen MR) is 131 cm³/mol. The summed E-state index contributed by atoms with van der Waals surface area (Å²) in [7, 11) is 0. The maximum atomic E-state index is 13.7. The van der Waals surface area contributed by atoms with Crippen molar-refractivity contribution < 1.29 is 23.4 Å². The highest BCUT2D eigenvalue weighted by Gasteiger charge is 2.29. The Morgan fingerprint density at radius 2 is 1.88 bits per heavy atom. The van der Waals surface area contributed by atoms with Gasteiger partial charge >= 0.3 is 0 Å². The lowest BCUT2D eigenvalue weighted by Gasteiger charge is -2.27. The number of benzene rings is 2. The lowest BCUT2D eigenvalue weighted by molar-refractivity contribution is -0.121. The van der Waals surface area contributed by atoms with Gasteiger partial charge in [0.25, 0.3) is 0 Å². The van der Waals surface area contributed by atoms with E-state index in [-0.39, 0.29) is 24.8 Å². The highest BCUT2D eigenvalue weighted by atomic mass is 19.1. The number of ketones is 1. The summed E-state index contributed by atoms with van der Waals surface area (Å²) in [5.41, 5.74) is 3.02. The third kappa shape index (κ3) is 8.48. The fourth-order valence-electron chi connectivity index (χ4n) is 4.41. The molecule has 1 aliphatic heterocycles. The largest absolute Gasteiger partial charge is 0.494 e. The Bertz CT molecular complexity index is 872. The summed E-state index contributed by atoms with van der Waals surface area (Å²) in [6.45, 7) is 3.62. The number of hydrogen-bond donors (Lipinski definition) is 1. The van der Waals surface area contributed by atoms with Crippen molar-refractivity contribution in [2.45, 2.75) is 57.7 Å². The second kappa shape index (κ2) is 13.5. The van der Waals surface area contributed by atoms with E-state index in [1.165, 1.54) is 5.56 Å². The van der Waals surface area contributed by atoms with Gasteiger partial charge in [0.05, 0.1) is 19.4 Å². The van der Waals surface area contributed by atoms with Gasteiger partial charge in [-0.05, 0) is 55.9 Å². The van der Waals surface area contributed by atoms with Crippen molar-refractivity contribution in [2.24, 2.45) is 5.92 Å². The lowest BCUT2D eigenvalue weighted by atomic mass is 9.89. The van der Waals surface area contributed by atoms with E-state index in [9.17, 15) is 18.7 Å². The van der Waals surface area contributed by atoms with Gasteiger partial charge in [0, 0.05) is 38.4 Å². The first-order chi connectivity index (χ1) is 16.4. The van der Waals surface area contributed by atoms with Gasteiger partial charge in [-0.3, -0.25) is 14.1 Å². The maximum absolute atomic E-state index is 13.7. The average molecular weight is 474 g/mol. The molecule has 0 amide bonds. The average Bonchev–Trinajstić information content (AvgIpc) is 3.25. The van der Waals surface area contributed by atoms with Gasteiger partial charge in [0.15, 0.2) is 0 Å². The van der Waals surface area contributed by atoms with Crippen molar-refractivity contribution in [1.29, 1.82) is 0 Å². The van der Waals surface area contributed by atoms with Gasteiger partial charge in [0.1, 0.15) is 17.7 Å². The molecule has 0 radical (unpaired) electrons. The molecule has 6 heteroatoms. The van der Waals surface area contributed by atoms with Crippen LogP contribution in [0.2, 0.25) is 0 Å². The molecule has 1 aliphatic rings. The number of likely N-dealkylation sites (tertiary alicyclic amines) is 1. The molecule has 34 heavy (non-hydrogen) atoms. The Hall–Kier alpha value is -2.31. The van der Waals surface area contributed by atoms with E-state index in [2.05, 4.69) is 0 Å². The molecule has 3 atom stereocenters. The number of carbonyl (C=O) groups excluding carboxylic acids is 1. The summed E-state index contributed by atoms with van der Waals surface area (Å²) in [5, 5.41) is 11.2. The molecule has 0 aromatic heterocycles. The van der Waals surface area contributed by atoms with Gasteiger partial charge in [-0.25, -0.2) is 4.39 Å². The summed E-state index contributed by atoms with van der Waals surface area (Å²) >= 11 is 0. The van der Waals surface area contributed by atoms with Crippen molar-refractivity contribution in [3.63, 3.8) is 0 Å². The predicted octanol–water partition coefficient (Wildman–Crippen LogP) is 5.41. The molecule has 0 unspecified atom stereocenters. The topological polar surface area (TPSA) is 49.8 Å². The molecule has 1 N–H and O–H groups in total. The first-order valence-electron chi connectivity index (χ1n) is 12.3. The molecular formula is C28H37F2NO3. The molecule has 3 rings (SSSR count). The van der Waals surface area contributed by atoms with Gasteiger partial charge in [-0.2, -0.15) is 0 Å². The second-order valence-corrected chi connectivity index (χ2v) is 9.39. The van der Waals surface area contributed by atoms with E-state index in [0.29, 0.717) is 69.7 Å². The fourth-order valence-corrected chi connectivity index (χ4v) is 4.41. The third-order valence-corrected chi connectivity index (χ3v) is 6.48. The van der Waals surface area contributed by atoms with Crippen LogP contribution in [0.15, 0.2) is 48.5 Å². The molecule has 0 spiro atoms. The molecule has 1 fully saturated rings. The number of hydrogen-bond acceptors (Lipinski definition) is 4. The first kappa shape index (κ1) is 26.3. The number of ether oxygens (including phenoxy) is 1. The van der Waals surface area contributed by atoms with Crippen LogP contribution in [0.5, 0.6) is 5.75 Å². The van der Waals surface area contributed by atoms with E-state index < -0.39 is 12.3 Å². The molecule has 186 valence electrons. The number of Topliss-reactive ketones (excluding diaryl/α,β-unsaturated/α-hetero) is 1. The molecule has 0 saturated carbocycles. The molecule has 2 aromatic carbocycles. The summed E-state index contributed by atoms with van der Waals surface area (Å²) in [4.78, 5) is 14.9. The van der Waals surface area contributed by atoms with Crippen molar-refractivity contribution in [1.82, 2.24) is 4.90 Å². The van der Waals surface area contributed by atoms with Crippen LogP contribution in [-0.4, -0.2) is 54.9 Å². The Morgan fingerprint density at radius 1 is 1.15 bits per heavy atom. The number of carbonyl (C=O) groups is 1. The molecule has 0 aliphatic carbocycles. The number of unbranched alkanes of at least 4 members (excludes halogenated alkanes) is 1. The SMILES string of the molecule is Cc1ccc(CCC(=O)C[C@H](CN2CC[C@@H](F)C2)[C@H](O)c2ccc(OCCCCF)cc2)cc1. The molecule has 4 nitrogen and oxygen atoms in total. The summed E-state index contributed by atoms with van der Waals surface area (Å²) in [5.74, 6) is 0.459. The zero-order valence-corrected chi connectivity index (χ0v) is 20.1. The van der Waals surface area contributed by atoms with E-state index in [1.807, 2.05) is 36.1 Å². The van der Waals surface area contributed by atoms with Gasteiger partial charge in [-0.15, -0.1) is 0 Å². The number of rotatable bonds is 14. The third-order valence-electron chi connectivity index (χ3n) is 6.48. The van der Waals surface area contributed by atoms with Crippen molar-refractivity contribution in [2.75, 3.05) is 32.9 Å². The van der Waals surface area contributed by atoms with Crippen LogP contribution in [-0.2, 0) is 11.2 Å². The minimum absolute atomic E-state index is 0.105. The number of aryl methyl sites for hydroxylation is 2. The summed E-state index contributed by atoms with van der Waals surface area (Å²) in [6.07, 6.45) is 1.30. The molecule has 0 bridgehead atoms. The highest BCUT2D eigenvalue weighted by Crippen LogP contribution is 2.29. The Balaban J connectivity index is 1.60. The van der Waals surface area contributed by atoms with Crippen LogP contribution in [0.25, 0.3) is 0 Å². The minimum Gasteiger partial charge on any atom is -0.494 e. The number of halogens is 2. The Kier molecular flexibility index (Phi) is 10.5. The molecular weight excluding hydrogens is 436 g/mol. The van der Waals surface area contributed by atoms with E-state index in [4.69, 9.17) is 4.74 Å². The summed E-state index contributed by atoms with van der Waals surface area (Å²) < 4.78 is 31.6. The van der Waals surface area contributed by atoms with Crippen LogP contribution in [0.1, 0.15) is 54.9 Å². The summed E-state index contributed by atoms with van der Waals surface area (Å²) in [6, 6.07) is 15.4. The number of aliphatic hydroxyl groups excluding tert-OH is 1. The van der Waals surface area contributed by atoms with E-state index in [0.717, 1.165) is 5.56 Å². The number of nitrogens with zero attached hydrogens (tertiary/aromatic N) is 1. The van der Waals surface area contributed by atoms with Crippen molar-refractivity contribution in [3.8, 4) is 5.75 Å². The Morgan fingerprint density at radius 3 is 2.53 bits per heavy atom. The zero-order chi connectivity index (χ0) is 24.3. The van der Waals surface area contributed by atoms with Crippen LogP contribution in [0.3, 0.4) is 0 Å². The van der Waals surface area contributed by atoms with Crippen LogP contribution in [0.4, 0.5) is 8.78 Å². The van der Waals surface area contributed by atoms with Crippen LogP contribution in [0, 0.1) is 12.8 Å². The fraction of sp³-hybridized carbons (Fsp3) is 0.536. The minimum atomic E-state index is -0.844. The van der Waals surface area contributed by atoms with Gasteiger partial charge < -0.3 is 9.84 Å². The van der Waals surface area contributed by atoms with E-state index >= 15 is 0 Å². The second-order valence-electron chi connectivity index (χ2n) is 9.39. The van der Waals surface area contributed by atoms with Gasteiger partial charge in [0.2, 0.25) is 0 Å². The van der Waals surface area contributed by atoms with Gasteiger partial charge in [-0.1, -0.05) is 42.0 Å². The smallest absolute Gasteiger partial charge is 0.133 e. The van der Waals surface area contributed by atoms with Crippen molar-refractivity contribution in [3.05, 3.63) is 65.2 Å². The Labute approximate surface area is 201 Å². The lowest BCUT2D eigenvalue weighted by Crippen LogP contribution is -2.32. The quantitative estimate of drug-likeness (QED) is 0.373. The van der Waals surface area contributed by atoms with Crippen LogP contribution >= 0.6 is 0 Å². The molecule has 1 saturated heterocycles. The van der Waals surface area contributed by atoms with E-state index in [1.54, 1.807) is 24.3 Å². The maximum Gasteiger partial charge on any atom is 0.133 e. The monoisotopic (exact) mass is 473 g/mol. The molecule has 2 aromatic rings. The zero-order valence-electron chi connectivity index (χ0n) is 20.1. The normalized spacial score (nSPS) is 18.1.